The van der Waals surface area contributed by atoms with E-state index in [4.69, 9.17) is 4.42 Å². The minimum absolute atomic E-state index is 0.223. The van der Waals surface area contributed by atoms with Crippen molar-refractivity contribution in [2.75, 3.05) is 0 Å². The molecule has 0 spiro atoms. The number of rotatable bonds is 3. The minimum Gasteiger partial charge on any atom is -0.458 e. The molecule has 0 aliphatic rings. The summed E-state index contributed by atoms with van der Waals surface area (Å²) in [5.74, 6) is 0.0564. The van der Waals surface area contributed by atoms with Crippen LogP contribution in [-0.4, -0.2) is 14.9 Å². The maximum absolute atomic E-state index is 13.1. The highest BCUT2D eigenvalue weighted by Gasteiger charge is 2.18. The lowest BCUT2D eigenvalue weighted by molar-refractivity contribution is 0.192. The molecular formula is C15H15FN2O2. The molecule has 0 aliphatic heterocycles. The molecule has 1 atom stereocenters. The zero-order chi connectivity index (χ0) is 14.3. The molecule has 0 radical (unpaired) electrons. The first kappa shape index (κ1) is 12.9. The Morgan fingerprint density at radius 2 is 2.10 bits per heavy atom. The van der Waals surface area contributed by atoms with Gasteiger partial charge in [0.1, 0.15) is 23.3 Å². The second-order valence-electron chi connectivity index (χ2n) is 5.08. The van der Waals surface area contributed by atoms with Crippen LogP contribution in [0, 0.1) is 5.82 Å². The van der Waals surface area contributed by atoms with Gasteiger partial charge < -0.3 is 9.52 Å². The highest BCUT2D eigenvalue weighted by molar-refractivity contribution is 5.78. The van der Waals surface area contributed by atoms with E-state index in [0.29, 0.717) is 22.3 Å². The Kier molecular flexibility index (Phi) is 3.06. The van der Waals surface area contributed by atoms with Gasteiger partial charge in [-0.25, -0.2) is 4.39 Å². The summed E-state index contributed by atoms with van der Waals surface area (Å²) < 4.78 is 20.5. The van der Waals surface area contributed by atoms with E-state index in [0.717, 1.165) is 0 Å². The van der Waals surface area contributed by atoms with Crippen LogP contribution in [0.2, 0.25) is 0 Å². The Morgan fingerprint density at radius 1 is 1.30 bits per heavy atom. The van der Waals surface area contributed by atoms with Crippen molar-refractivity contribution in [3.05, 3.63) is 53.8 Å². The van der Waals surface area contributed by atoms with Gasteiger partial charge in [-0.3, -0.25) is 4.68 Å². The highest BCUT2D eigenvalue weighted by atomic mass is 19.1. The molecule has 0 amide bonds. The maximum atomic E-state index is 13.1. The summed E-state index contributed by atoms with van der Waals surface area (Å²) in [4.78, 5) is 0. The lowest BCUT2D eigenvalue weighted by atomic mass is 10.1. The molecule has 0 saturated heterocycles. The van der Waals surface area contributed by atoms with Gasteiger partial charge in [-0.15, -0.1) is 0 Å². The molecule has 0 aliphatic carbocycles. The molecule has 104 valence electrons. The lowest BCUT2D eigenvalue weighted by Gasteiger charge is -2.05. The third kappa shape index (κ3) is 2.20. The van der Waals surface area contributed by atoms with E-state index in [9.17, 15) is 9.50 Å². The normalized spacial score (nSPS) is 13.2. The Labute approximate surface area is 115 Å². The number of fused-ring (bicyclic) bond motifs is 1. The number of aliphatic hydroxyl groups excluding tert-OH is 1. The molecule has 20 heavy (non-hydrogen) atoms. The van der Waals surface area contributed by atoms with Crippen LogP contribution < -0.4 is 0 Å². The van der Waals surface area contributed by atoms with Crippen molar-refractivity contribution in [3.63, 3.8) is 0 Å². The molecule has 1 aromatic carbocycles. The van der Waals surface area contributed by atoms with Gasteiger partial charge in [0, 0.05) is 23.2 Å². The average molecular weight is 274 g/mol. The predicted octanol–water partition coefficient (Wildman–Crippen LogP) is 3.43. The Balaban J connectivity index is 1.96. The second-order valence-corrected chi connectivity index (χ2v) is 5.08. The number of halogens is 1. The highest BCUT2D eigenvalue weighted by Crippen LogP contribution is 2.28. The van der Waals surface area contributed by atoms with Gasteiger partial charge in [0.05, 0.1) is 6.20 Å². The van der Waals surface area contributed by atoms with Crippen LogP contribution in [0.25, 0.3) is 11.0 Å². The summed E-state index contributed by atoms with van der Waals surface area (Å²) >= 11 is 0. The van der Waals surface area contributed by atoms with Crippen molar-refractivity contribution in [3.8, 4) is 0 Å². The van der Waals surface area contributed by atoms with Crippen molar-refractivity contribution in [1.29, 1.82) is 0 Å². The van der Waals surface area contributed by atoms with Crippen molar-refractivity contribution in [2.45, 2.75) is 26.0 Å². The van der Waals surface area contributed by atoms with Crippen molar-refractivity contribution in [2.24, 2.45) is 0 Å². The molecular weight excluding hydrogens is 259 g/mol. The van der Waals surface area contributed by atoms with Crippen LogP contribution in [0.1, 0.15) is 37.3 Å². The lowest BCUT2D eigenvalue weighted by Crippen LogP contribution is -2.01. The Hall–Kier alpha value is -2.14. The molecule has 0 bridgehead atoms. The van der Waals surface area contributed by atoms with E-state index in [1.807, 2.05) is 13.8 Å². The van der Waals surface area contributed by atoms with E-state index >= 15 is 0 Å². The molecule has 4 nitrogen and oxygen atoms in total. The van der Waals surface area contributed by atoms with Gasteiger partial charge >= 0.3 is 0 Å². The third-order valence-electron chi connectivity index (χ3n) is 3.23. The molecule has 2 aromatic heterocycles. The molecule has 3 rings (SSSR count). The van der Waals surface area contributed by atoms with Crippen LogP contribution >= 0.6 is 0 Å². The van der Waals surface area contributed by atoms with Gasteiger partial charge in [-0.1, -0.05) is 0 Å². The van der Waals surface area contributed by atoms with Crippen LogP contribution in [0.5, 0.6) is 0 Å². The van der Waals surface area contributed by atoms with Gasteiger partial charge in [-0.05, 0) is 38.1 Å². The number of benzene rings is 1. The fourth-order valence-electron chi connectivity index (χ4n) is 2.11. The second kappa shape index (κ2) is 4.76. The summed E-state index contributed by atoms with van der Waals surface area (Å²) in [6.45, 7) is 4.01. The van der Waals surface area contributed by atoms with Crippen molar-refractivity contribution < 1.29 is 13.9 Å². The molecule has 0 fully saturated rings. The molecule has 0 saturated carbocycles. The fourth-order valence-corrected chi connectivity index (χ4v) is 2.11. The van der Waals surface area contributed by atoms with Gasteiger partial charge in [0.25, 0.3) is 0 Å². The first-order chi connectivity index (χ1) is 9.54. The first-order valence-corrected chi connectivity index (χ1v) is 6.45. The summed E-state index contributed by atoms with van der Waals surface area (Å²) in [5, 5.41) is 15.1. The standard InChI is InChI=1S/C15H15FN2O2/c1-9(2)18-8-11(7-17-18)15(19)14-6-10-5-12(16)3-4-13(10)20-14/h3-9,15,19H,1-2H3. The Bertz CT molecular complexity index is 745. The molecule has 5 heteroatoms. The molecule has 1 N–H and O–H groups in total. The van der Waals surface area contributed by atoms with Crippen LogP contribution in [0.3, 0.4) is 0 Å². The van der Waals surface area contributed by atoms with Gasteiger partial charge in [0.2, 0.25) is 0 Å². The van der Waals surface area contributed by atoms with E-state index < -0.39 is 6.10 Å². The average Bonchev–Trinajstić information content (AvgIpc) is 3.03. The van der Waals surface area contributed by atoms with Crippen molar-refractivity contribution >= 4 is 11.0 Å². The number of furan rings is 1. The number of aliphatic hydroxyl groups is 1. The zero-order valence-electron chi connectivity index (χ0n) is 11.2. The predicted molar refractivity (Wildman–Crippen MR) is 72.8 cm³/mol. The summed E-state index contributed by atoms with van der Waals surface area (Å²) in [6.07, 6.45) is 2.49. The van der Waals surface area contributed by atoms with Gasteiger partial charge in [-0.2, -0.15) is 5.10 Å². The topological polar surface area (TPSA) is 51.2 Å². The quantitative estimate of drug-likeness (QED) is 0.796. The maximum Gasteiger partial charge on any atom is 0.140 e. The molecule has 1 unspecified atom stereocenters. The fraction of sp³-hybridized carbons (Fsp3) is 0.267. The van der Waals surface area contributed by atoms with E-state index in [2.05, 4.69) is 5.10 Å². The Morgan fingerprint density at radius 3 is 2.80 bits per heavy atom. The van der Waals surface area contributed by atoms with Crippen LogP contribution in [-0.2, 0) is 0 Å². The summed E-state index contributed by atoms with van der Waals surface area (Å²) in [6, 6.07) is 6.14. The van der Waals surface area contributed by atoms with E-state index in [-0.39, 0.29) is 11.9 Å². The number of nitrogens with zero attached hydrogens (tertiary/aromatic N) is 2. The van der Waals surface area contributed by atoms with E-state index in [1.165, 1.54) is 12.1 Å². The summed E-state index contributed by atoms with van der Waals surface area (Å²) in [7, 11) is 0. The number of aromatic nitrogens is 2. The summed E-state index contributed by atoms with van der Waals surface area (Å²) in [5.41, 5.74) is 1.20. The van der Waals surface area contributed by atoms with Gasteiger partial charge in [0.15, 0.2) is 0 Å². The third-order valence-corrected chi connectivity index (χ3v) is 3.23. The smallest absolute Gasteiger partial charge is 0.140 e. The van der Waals surface area contributed by atoms with Crippen LogP contribution in [0.15, 0.2) is 41.1 Å². The van der Waals surface area contributed by atoms with E-state index in [1.54, 1.807) is 29.2 Å². The molecule has 3 aromatic rings. The van der Waals surface area contributed by atoms with Crippen LogP contribution in [0.4, 0.5) is 4.39 Å². The first-order valence-electron chi connectivity index (χ1n) is 6.45. The number of hydrogen-bond donors (Lipinski definition) is 1. The SMILES string of the molecule is CC(C)n1cc(C(O)c2cc3cc(F)ccc3o2)cn1. The largest absolute Gasteiger partial charge is 0.458 e. The number of hydrogen-bond acceptors (Lipinski definition) is 3. The minimum atomic E-state index is -0.905. The zero-order valence-corrected chi connectivity index (χ0v) is 11.2. The molecule has 2 heterocycles. The van der Waals surface area contributed by atoms with Crippen molar-refractivity contribution in [1.82, 2.24) is 9.78 Å². The monoisotopic (exact) mass is 274 g/mol.